The summed E-state index contributed by atoms with van der Waals surface area (Å²) in [6.07, 6.45) is 2.24. The van der Waals surface area contributed by atoms with Gasteiger partial charge in [-0.2, -0.15) is 10.2 Å². The third kappa shape index (κ3) is 2.04. The predicted molar refractivity (Wildman–Crippen MR) is 64.0 cm³/mol. The van der Waals surface area contributed by atoms with E-state index in [0.717, 1.165) is 12.4 Å². The highest BCUT2D eigenvalue weighted by Gasteiger charge is 2.39. The number of carbonyl (C=O) groups is 2. The summed E-state index contributed by atoms with van der Waals surface area (Å²) in [6, 6.07) is 0.832. The van der Waals surface area contributed by atoms with Gasteiger partial charge >= 0.3 is 0 Å². The number of benzene rings is 1. The van der Waals surface area contributed by atoms with Crippen molar-refractivity contribution in [3.05, 3.63) is 53.1 Å². The van der Waals surface area contributed by atoms with E-state index >= 15 is 0 Å². The third-order valence-corrected chi connectivity index (χ3v) is 3.11. The monoisotopic (exact) mass is 293 g/mol. The minimum atomic E-state index is -1.73. The molecule has 1 aromatic heterocycles. The van der Waals surface area contributed by atoms with Gasteiger partial charge in [0.15, 0.2) is 5.78 Å². The van der Waals surface area contributed by atoms with Crippen LogP contribution in [-0.4, -0.2) is 21.9 Å². The molecule has 1 unspecified atom stereocenters. The molecule has 1 amide bonds. The molecule has 2 aromatic rings. The van der Waals surface area contributed by atoms with Crippen LogP contribution in [0.1, 0.15) is 21.8 Å². The molecule has 2 heterocycles. The van der Waals surface area contributed by atoms with Crippen molar-refractivity contribution < 1.29 is 22.8 Å². The van der Waals surface area contributed by atoms with Crippen LogP contribution in [-0.2, 0) is 4.79 Å². The van der Waals surface area contributed by atoms with Gasteiger partial charge in [0.05, 0.1) is 23.6 Å². The smallest absolute Gasteiger partial charge is 0.240 e. The molecule has 1 aliphatic heterocycles. The summed E-state index contributed by atoms with van der Waals surface area (Å²) in [5.41, 5.74) is -0.696. The van der Waals surface area contributed by atoms with E-state index in [1.807, 2.05) is 0 Å². The second-order valence-electron chi connectivity index (χ2n) is 4.39. The number of halogens is 3. The summed E-state index contributed by atoms with van der Waals surface area (Å²) in [4.78, 5) is 24.2. The van der Waals surface area contributed by atoms with E-state index in [0.29, 0.717) is 12.1 Å². The molecule has 5 nitrogen and oxygen atoms in total. The molecule has 0 radical (unpaired) electrons. The first kappa shape index (κ1) is 13.2. The number of aromatic nitrogens is 2. The summed E-state index contributed by atoms with van der Waals surface area (Å²) in [5, 5.41) is 9.31. The first-order valence-electron chi connectivity index (χ1n) is 5.79. The van der Waals surface area contributed by atoms with E-state index in [4.69, 9.17) is 0 Å². The van der Waals surface area contributed by atoms with Crippen LogP contribution in [0.5, 0.6) is 0 Å². The summed E-state index contributed by atoms with van der Waals surface area (Å²) < 4.78 is 40.5. The minimum absolute atomic E-state index is 0.0160. The van der Waals surface area contributed by atoms with E-state index in [2.05, 4.69) is 15.5 Å². The van der Waals surface area contributed by atoms with Gasteiger partial charge in [-0.3, -0.25) is 9.59 Å². The van der Waals surface area contributed by atoms with Gasteiger partial charge in [0.1, 0.15) is 23.4 Å². The Hall–Kier alpha value is -2.77. The topological polar surface area (TPSA) is 72.0 Å². The number of carbonyl (C=O) groups excluding carboxylic acids is 2. The predicted octanol–water partition coefficient (Wildman–Crippen LogP) is 1.81. The fraction of sp³-hybridized carbons (Fsp3) is 0.0769. The number of rotatable bonds is 1. The maximum atomic E-state index is 13.8. The van der Waals surface area contributed by atoms with E-state index < -0.39 is 40.6 Å². The SMILES string of the molecule is O=C1Nc2cnncc2C(=O)C1c1c(F)cc(F)cc1F. The van der Waals surface area contributed by atoms with E-state index in [1.165, 1.54) is 0 Å². The Labute approximate surface area is 115 Å². The van der Waals surface area contributed by atoms with Gasteiger partial charge in [-0.05, 0) is 0 Å². The standard InChI is InChI=1S/C13H6F3N3O2/c14-5-1-7(15)10(8(16)2-5)11-12(20)6-3-17-18-4-9(6)19-13(11)21/h1-4,11H,(H,19,21). The molecule has 8 heteroatoms. The lowest BCUT2D eigenvalue weighted by Crippen LogP contribution is -2.35. The Morgan fingerprint density at radius 2 is 1.62 bits per heavy atom. The molecule has 1 N–H and O–H groups in total. The average Bonchev–Trinajstić information content (AvgIpc) is 2.41. The zero-order valence-electron chi connectivity index (χ0n) is 10.2. The van der Waals surface area contributed by atoms with Crippen molar-refractivity contribution in [1.29, 1.82) is 0 Å². The molecule has 21 heavy (non-hydrogen) atoms. The van der Waals surface area contributed by atoms with E-state index in [9.17, 15) is 22.8 Å². The molecule has 0 fully saturated rings. The highest BCUT2D eigenvalue weighted by Crippen LogP contribution is 2.33. The van der Waals surface area contributed by atoms with Gasteiger partial charge in [0, 0.05) is 17.7 Å². The summed E-state index contributed by atoms with van der Waals surface area (Å²) in [5.74, 6) is -7.21. The number of nitrogens with one attached hydrogen (secondary N) is 1. The van der Waals surface area contributed by atoms with Crippen LogP contribution in [0, 0.1) is 17.5 Å². The van der Waals surface area contributed by atoms with Crippen LogP contribution in [0.4, 0.5) is 18.9 Å². The molecule has 1 aliphatic rings. The molecule has 106 valence electrons. The summed E-state index contributed by atoms with van der Waals surface area (Å²) in [6.45, 7) is 0. The minimum Gasteiger partial charge on any atom is -0.323 e. The highest BCUT2D eigenvalue weighted by molar-refractivity contribution is 6.24. The fourth-order valence-electron chi connectivity index (χ4n) is 2.19. The van der Waals surface area contributed by atoms with Gasteiger partial charge in [0.25, 0.3) is 0 Å². The molecule has 0 bridgehead atoms. The van der Waals surface area contributed by atoms with Crippen LogP contribution in [0.25, 0.3) is 0 Å². The molecular formula is C13H6F3N3O2. The number of hydrogen-bond donors (Lipinski definition) is 1. The van der Waals surface area contributed by atoms with Gasteiger partial charge in [-0.15, -0.1) is 0 Å². The maximum absolute atomic E-state index is 13.8. The Bertz CT molecular complexity index is 756. The maximum Gasteiger partial charge on any atom is 0.240 e. The second kappa shape index (κ2) is 4.65. The molecule has 0 aliphatic carbocycles. The Morgan fingerprint density at radius 1 is 1.00 bits per heavy atom. The van der Waals surface area contributed by atoms with Crippen molar-refractivity contribution in [2.75, 3.05) is 5.32 Å². The van der Waals surface area contributed by atoms with Crippen molar-refractivity contribution in [1.82, 2.24) is 10.2 Å². The zero-order valence-corrected chi connectivity index (χ0v) is 10.2. The van der Waals surface area contributed by atoms with Crippen molar-refractivity contribution in [2.24, 2.45) is 0 Å². The van der Waals surface area contributed by atoms with Crippen molar-refractivity contribution in [2.45, 2.75) is 5.92 Å². The number of nitrogens with zero attached hydrogens (tertiary/aromatic N) is 2. The highest BCUT2D eigenvalue weighted by atomic mass is 19.1. The van der Waals surface area contributed by atoms with Gasteiger partial charge in [-0.1, -0.05) is 0 Å². The second-order valence-corrected chi connectivity index (χ2v) is 4.39. The normalized spacial score (nSPS) is 17.4. The fourth-order valence-corrected chi connectivity index (χ4v) is 2.19. The number of anilines is 1. The van der Waals surface area contributed by atoms with Gasteiger partial charge in [-0.25, -0.2) is 13.2 Å². The van der Waals surface area contributed by atoms with Crippen molar-refractivity contribution in [3.8, 4) is 0 Å². The first-order valence-corrected chi connectivity index (χ1v) is 5.79. The summed E-state index contributed by atoms with van der Waals surface area (Å²) >= 11 is 0. The molecule has 0 saturated heterocycles. The summed E-state index contributed by atoms with van der Waals surface area (Å²) in [7, 11) is 0. The van der Waals surface area contributed by atoms with Gasteiger partial charge < -0.3 is 5.32 Å². The lowest BCUT2D eigenvalue weighted by atomic mass is 9.86. The average molecular weight is 293 g/mol. The van der Waals surface area contributed by atoms with Crippen LogP contribution < -0.4 is 5.32 Å². The molecule has 0 saturated carbocycles. The quantitative estimate of drug-likeness (QED) is 0.814. The van der Waals surface area contributed by atoms with Crippen molar-refractivity contribution in [3.63, 3.8) is 0 Å². The Morgan fingerprint density at radius 3 is 2.29 bits per heavy atom. The number of ketones is 1. The van der Waals surface area contributed by atoms with Crippen LogP contribution in [0.2, 0.25) is 0 Å². The van der Waals surface area contributed by atoms with E-state index in [1.54, 1.807) is 0 Å². The number of fused-ring (bicyclic) bond motifs is 1. The Balaban J connectivity index is 2.17. The third-order valence-electron chi connectivity index (χ3n) is 3.11. The molecule has 3 rings (SSSR count). The van der Waals surface area contributed by atoms with Crippen LogP contribution in [0.15, 0.2) is 24.5 Å². The molecular weight excluding hydrogens is 287 g/mol. The molecule has 0 spiro atoms. The number of amides is 1. The lowest BCUT2D eigenvalue weighted by Gasteiger charge is -2.23. The molecule has 1 atom stereocenters. The van der Waals surface area contributed by atoms with Crippen molar-refractivity contribution >= 4 is 17.4 Å². The largest absolute Gasteiger partial charge is 0.323 e. The van der Waals surface area contributed by atoms with Gasteiger partial charge in [0.2, 0.25) is 5.91 Å². The van der Waals surface area contributed by atoms with E-state index in [-0.39, 0.29) is 11.3 Å². The number of hydrogen-bond acceptors (Lipinski definition) is 4. The van der Waals surface area contributed by atoms with Crippen LogP contribution >= 0.6 is 0 Å². The first-order chi connectivity index (χ1) is 9.99. The lowest BCUT2D eigenvalue weighted by molar-refractivity contribution is -0.116. The van der Waals surface area contributed by atoms with Crippen LogP contribution in [0.3, 0.4) is 0 Å². The molecule has 1 aromatic carbocycles. The zero-order chi connectivity index (χ0) is 15.1. The number of Topliss-reactive ketones (excluding diaryl/α,β-unsaturated/α-hetero) is 1. The Kier molecular flexibility index (Phi) is 2.93.